The molecule has 0 bridgehead atoms. The van der Waals surface area contributed by atoms with Gasteiger partial charge in [-0.25, -0.2) is 0 Å². The number of rotatable bonds is 5. The van der Waals surface area contributed by atoms with Gasteiger partial charge in [0.2, 0.25) is 5.75 Å². The molecule has 0 fully saturated rings. The van der Waals surface area contributed by atoms with Crippen LogP contribution in [0.4, 0.5) is 5.69 Å². The molecule has 0 aliphatic heterocycles. The molecular weight excluding hydrogens is 252 g/mol. The Morgan fingerprint density at radius 1 is 1.53 bits per heavy atom. The average Bonchev–Trinajstić information content (AvgIpc) is 2.86. The first-order chi connectivity index (χ1) is 9.17. The lowest BCUT2D eigenvalue weighted by Crippen LogP contribution is -2.06. The predicted octanol–water partition coefficient (Wildman–Crippen LogP) is 1.37. The summed E-state index contributed by atoms with van der Waals surface area (Å²) in [5.41, 5.74) is 0.250. The quantitative estimate of drug-likeness (QED) is 0.642. The largest absolute Gasteiger partial charge is 0.490 e. The van der Waals surface area contributed by atoms with E-state index in [0.717, 1.165) is 0 Å². The van der Waals surface area contributed by atoms with Gasteiger partial charge in [-0.2, -0.15) is 4.98 Å². The van der Waals surface area contributed by atoms with E-state index in [4.69, 9.17) is 9.26 Å². The van der Waals surface area contributed by atoms with Crippen molar-refractivity contribution in [3.8, 4) is 17.2 Å². The van der Waals surface area contributed by atoms with E-state index in [1.165, 1.54) is 19.2 Å². The highest BCUT2D eigenvalue weighted by Crippen LogP contribution is 2.36. The monoisotopic (exact) mass is 264 g/mol. The number of ether oxygens (including phenoxy) is 1. The van der Waals surface area contributed by atoms with Crippen LogP contribution < -0.4 is 10.1 Å². The molecule has 1 aromatic heterocycles. The normalized spacial score (nSPS) is 10.4. The van der Waals surface area contributed by atoms with Gasteiger partial charge in [-0.1, -0.05) is 11.2 Å². The number of aromatic nitrogens is 2. The Hall–Kier alpha value is -2.48. The maximum atomic E-state index is 10.9. The van der Waals surface area contributed by atoms with Gasteiger partial charge in [-0.15, -0.1) is 0 Å². The summed E-state index contributed by atoms with van der Waals surface area (Å²) in [7, 11) is 3.11. The van der Waals surface area contributed by atoms with Crippen LogP contribution in [-0.4, -0.2) is 29.2 Å². The number of para-hydroxylation sites is 1. The lowest BCUT2D eigenvalue weighted by atomic mass is 10.1. The molecule has 19 heavy (non-hydrogen) atoms. The summed E-state index contributed by atoms with van der Waals surface area (Å²) in [5, 5.41) is 17.6. The molecule has 2 rings (SSSR count). The number of benzene rings is 1. The van der Waals surface area contributed by atoms with Gasteiger partial charge >= 0.3 is 5.69 Å². The Balaban J connectivity index is 2.48. The molecule has 0 aliphatic rings. The van der Waals surface area contributed by atoms with E-state index in [1.54, 1.807) is 13.1 Å². The second-order valence-electron chi connectivity index (χ2n) is 3.66. The van der Waals surface area contributed by atoms with E-state index >= 15 is 0 Å². The Labute approximate surface area is 108 Å². The fourth-order valence-electron chi connectivity index (χ4n) is 1.64. The maximum absolute atomic E-state index is 10.9. The first-order valence-corrected chi connectivity index (χ1v) is 5.46. The second-order valence-corrected chi connectivity index (χ2v) is 3.66. The summed E-state index contributed by atoms with van der Waals surface area (Å²) in [6, 6.07) is 4.52. The number of nitrogens with one attached hydrogen (secondary N) is 1. The fourth-order valence-corrected chi connectivity index (χ4v) is 1.64. The van der Waals surface area contributed by atoms with E-state index in [9.17, 15) is 10.1 Å². The number of methoxy groups -OCH3 is 1. The molecule has 0 atom stereocenters. The summed E-state index contributed by atoms with van der Waals surface area (Å²) >= 11 is 0. The molecule has 8 nitrogen and oxygen atoms in total. The van der Waals surface area contributed by atoms with Crippen molar-refractivity contribution in [2.24, 2.45) is 0 Å². The van der Waals surface area contributed by atoms with Crippen molar-refractivity contribution < 1.29 is 14.2 Å². The smallest absolute Gasteiger partial charge is 0.311 e. The Morgan fingerprint density at radius 2 is 2.32 bits per heavy atom. The van der Waals surface area contributed by atoms with E-state index in [1.807, 2.05) is 0 Å². The van der Waals surface area contributed by atoms with Gasteiger partial charge in [-0.05, 0) is 13.1 Å². The zero-order chi connectivity index (χ0) is 13.8. The van der Waals surface area contributed by atoms with Crippen molar-refractivity contribution >= 4 is 5.69 Å². The molecule has 1 heterocycles. The molecule has 0 unspecified atom stereocenters. The van der Waals surface area contributed by atoms with Crippen molar-refractivity contribution in [1.82, 2.24) is 15.5 Å². The van der Waals surface area contributed by atoms with Gasteiger partial charge in [0, 0.05) is 6.07 Å². The van der Waals surface area contributed by atoms with Crippen molar-refractivity contribution in [1.29, 1.82) is 0 Å². The third-order valence-corrected chi connectivity index (χ3v) is 2.43. The van der Waals surface area contributed by atoms with E-state index < -0.39 is 4.92 Å². The third-order valence-electron chi connectivity index (χ3n) is 2.43. The summed E-state index contributed by atoms with van der Waals surface area (Å²) in [6.07, 6.45) is 0. The Kier molecular flexibility index (Phi) is 3.71. The topological polar surface area (TPSA) is 103 Å². The van der Waals surface area contributed by atoms with Crippen LogP contribution in [0, 0.1) is 10.1 Å². The van der Waals surface area contributed by atoms with Crippen LogP contribution in [0.2, 0.25) is 0 Å². The van der Waals surface area contributed by atoms with E-state index in [0.29, 0.717) is 17.9 Å². The summed E-state index contributed by atoms with van der Waals surface area (Å²) < 4.78 is 10.2. The van der Waals surface area contributed by atoms with Crippen molar-refractivity contribution in [3.63, 3.8) is 0 Å². The summed E-state index contributed by atoms with van der Waals surface area (Å²) in [5.74, 6) is 0.754. The van der Waals surface area contributed by atoms with Gasteiger partial charge in [0.05, 0.1) is 24.1 Å². The van der Waals surface area contributed by atoms with Crippen LogP contribution in [0.3, 0.4) is 0 Å². The van der Waals surface area contributed by atoms with Crippen LogP contribution in [-0.2, 0) is 6.54 Å². The number of nitro groups is 1. The standard InChI is InChI=1S/C11H12N4O4/c1-12-6-9-13-11(19-14-9)7-4-3-5-8(15(16)17)10(7)18-2/h3-5,12H,6H2,1-2H3. The highest BCUT2D eigenvalue weighted by molar-refractivity contribution is 5.69. The van der Waals surface area contributed by atoms with Gasteiger partial charge in [0.15, 0.2) is 5.82 Å². The maximum Gasteiger partial charge on any atom is 0.311 e. The molecule has 0 saturated carbocycles. The third kappa shape index (κ3) is 2.52. The van der Waals surface area contributed by atoms with Crippen LogP contribution in [0.25, 0.3) is 11.5 Å². The van der Waals surface area contributed by atoms with E-state index in [2.05, 4.69) is 15.5 Å². The minimum Gasteiger partial charge on any atom is -0.490 e. The lowest BCUT2D eigenvalue weighted by molar-refractivity contribution is -0.385. The number of nitro benzene ring substituents is 1. The Morgan fingerprint density at radius 3 is 2.95 bits per heavy atom. The van der Waals surface area contributed by atoms with Crippen LogP contribution in [0.5, 0.6) is 5.75 Å². The zero-order valence-electron chi connectivity index (χ0n) is 10.4. The number of hydrogen-bond acceptors (Lipinski definition) is 7. The minimum atomic E-state index is -0.521. The second kappa shape index (κ2) is 5.44. The van der Waals surface area contributed by atoms with Gasteiger partial charge < -0.3 is 14.6 Å². The molecule has 100 valence electrons. The molecule has 1 N–H and O–H groups in total. The van der Waals surface area contributed by atoms with E-state index in [-0.39, 0.29) is 17.3 Å². The predicted molar refractivity (Wildman–Crippen MR) is 65.7 cm³/mol. The first-order valence-electron chi connectivity index (χ1n) is 5.46. The van der Waals surface area contributed by atoms with Gasteiger partial charge in [0.25, 0.3) is 5.89 Å². The van der Waals surface area contributed by atoms with Gasteiger partial charge in [-0.3, -0.25) is 10.1 Å². The highest BCUT2D eigenvalue weighted by Gasteiger charge is 2.22. The van der Waals surface area contributed by atoms with Crippen molar-refractivity contribution in [2.45, 2.75) is 6.54 Å². The van der Waals surface area contributed by atoms with Crippen LogP contribution in [0.15, 0.2) is 22.7 Å². The SMILES string of the molecule is CNCc1noc(-c2cccc([N+](=O)[O-])c2OC)n1. The zero-order valence-corrected chi connectivity index (χ0v) is 10.4. The average molecular weight is 264 g/mol. The summed E-state index contributed by atoms with van der Waals surface area (Å²) in [6.45, 7) is 0.445. The molecule has 0 saturated heterocycles. The van der Waals surface area contributed by atoms with Crippen molar-refractivity contribution in [2.75, 3.05) is 14.2 Å². The molecule has 0 aliphatic carbocycles. The molecular formula is C11H12N4O4. The van der Waals surface area contributed by atoms with Gasteiger partial charge in [0.1, 0.15) is 0 Å². The highest BCUT2D eigenvalue weighted by atomic mass is 16.6. The van der Waals surface area contributed by atoms with Crippen molar-refractivity contribution in [3.05, 3.63) is 34.1 Å². The Bertz CT molecular complexity index is 596. The number of nitrogens with zero attached hydrogens (tertiary/aromatic N) is 3. The van der Waals surface area contributed by atoms with Crippen LogP contribution in [0.1, 0.15) is 5.82 Å². The first kappa shape index (κ1) is 13.0. The van der Waals surface area contributed by atoms with Crippen LogP contribution >= 0.6 is 0 Å². The molecule has 0 radical (unpaired) electrons. The molecule has 0 amide bonds. The number of hydrogen-bond donors (Lipinski definition) is 1. The summed E-state index contributed by atoms with van der Waals surface area (Å²) in [4.78, 5) is 14.5. The fraction of sp³-hybridized carbons (Fsp3) is 0.273. The molecule has 8 heteroatoms. The lowest BCUT2D eigenvalue weighted by Gasteiger charge is -2.04. The minimum absolute atomic E-state index is 0.104. The molecule has 1 aromatic carbocycles. The molecule has 2 aromatic rings. The molecule has 0 spiro atoms.